The largest absolute Gasteiger partial charge is 0.496 e. The smallest absolute Gasteiger partial charge is 0.122 e. The average Bonchev–Trinajstić information content (AvgIpc) is 2.07. The minimum Gasteiger partial charge on any atom is -0.496 e. The Morgan fingerprint density at radius 3 is 2.69 bits per heavy atom. The predicted octanol–water partition coefficient (Wildman–Crippen LogP) is 1.93. The Kier molecular flexibility index (Phi) is 3.32. The lowest BCUT2D eigenvalue weighted by atomic mass is 10.1. The molecule has 0 aliphatic heterocycles. The van der Waals surface area contributed by atoms with Gasteiger partial charge in [-0.05, 0) is 37.5 Å². The second-order valence-electron chi connectivity index (χ2n) is 3.36. The van der Waals surface area contributed by atoms with Crippen molar-refractivity contribution in [1.82, 2.24) is 0 Å². The van der Waals surface area contributed by atoms with E-state index in [9.17, 15) is 5.11 Å². The zero-order valence-corrected chi connectivity index (χ0v) is 8.37. The number of hydrogen-bond donors (Lipinski definition) is 1. The van der Waals surface area contributed by atoms with Crippen LogP contribution in [0.15, 0.2) is 18.2 Å². The Hall–Kier alpha value is -1.02. The molecule has 0 saturated carbocycles. The number of methoxy groups -OCH3 is 1. The number of hydrogen-bond acceptors (Lipinski definition) is 2. The van der Waals surface area contributed by atoms with Crippen LogP contribution >= 0.6 is 0 Å². The summed E-state index contributed by atoms with van der Waals surface area (Å²) in [4.78, 5) is 0. The van der Waals surface area contributed by atoms with E-state index in [1.807, 2.05) is 25.1 Å². The molecule has 0 amide bonds. The molecule has 0 heterocycles. The van der Waals surface area contributed by atoms with Crippen molar-refractivity contribution in [3.63, 3.8) is 0 Å². The Morgan fingerprint density at radius 2 is 2.15 bits per heavy atom. The van der Waals surface area contributed by atoms with E-state index < -0.39 is 0 Å². The fourth-order valence-electron chi connectivity index (χ4n) is 1.33. The molecule has 0 saturated heterocycles. The lowest BCUT2D eigenvalue weighted by molar-refractivity contribution is 0.195. The van der Waals surface area contributed by atoms with E-state index in [1.54, 1.807) is 14.0 Å². The van der Waals surface area contributed by atoms with Gasteiger partial charge in [-0.3, -0.25) is 0 Å². The van der Waals surface area contributed by atoms with Gasteiger partial charge in [-0.15, -0.1) is 0 Å². The van der Waals surface area contributed by atoms with Crippen molar-refractivity contribution in [3.05, 3.63) is 29.3 Å². The van der Waals surface area contributed by atoms with Crippen LogP contribution in [-0.2, 0) is 6.42 Å². The van der Waals surface area contributed by atoms with Crippen molar-refractivity contribution in [3.8, 4) is 5.75 Å². The first-order valence-electron chi connectivity index (χ1n) is 4.45. The summed E-state index contributed by atoms with van der Waals surface area (Å²) in [6.07, 6.45) is 0.379. The summed E-state index contributed by atoms with van der Waals surface area (Å²) in [5.74, 6) is 0.887. The molecule has 1 rings (SSSR count). The van der Waals surface area contributed by atoms with Gasteiger partial charge < -0.3 is 9.84 Å². The first kappa shape index (κ1) is 10.1. The normalized spacial score (nSPS) is 12.6. The molecule has 13 heavy (non-hydrogen) atoms. The summed E-state index contributed by atoms with van der Waals surface area (Å²) in [5, 5.41) is 9.20. The summed E-state index contributed by atoms with van der Waals surface area (Å²) in [6.45, 7) is 3.79. The summed E-state index contributed by atoms with van der Waals surface area (Å²) in [6, 6.07) is 6.00. The van der Waals surface area contributed by atoms with Gasteiger partial charge in [0.1, 0.15) is 5.75 Å². The monoisotopic (exact) mass is 180 g/mol. The van der Waals surface area contributed by atoms with Gasteiger partial charge in [0.05, 0.1) is 13.2 Å². The van der Waals surface area contributed by atoms with E-state index >= 15 is 0 Å². The molecule has 1 aromatic rings. The van der Waals surface area contributed by atoms with Crippen LogP contribution in [0.5, 0.6) is 5.75 Å². The summed E-state index contributed by atoms with van der Waals surface area (Å²) in [5.41, 5.74) is 2.23. The van der Waals surface area contributed by atoms with Gasteiger partial charge in [0.15, 0.2) is 0 Å². The fourth-order valence-corrected chi connectivity index (χ4v) is 1.33. The molecular formula is C11H16O2. The molecule has 72 valence electrons. The van der Waals surface area contributed by atoms with E-state index in [4.69, 9.17) is 4.74 Å². The van der Waals surface area contributed by atoms with Gasteiger partial charge in [-0.1, -0.05) is 12.1 Å². The van der Waals surface area contributed by atoms with E-state index in [0.29, 0.717) is 6.42 Å². The maximum absolute atomic E-state index is 9.20. The highest BCUT2D eigenvalue weighted by Gasteiger charge is 2.02. The molecule has 1 atom stereocenters. The molecule has 0 aliphatic carbocycles. The summed E-state index contributed by atoms with van der Waals surface area (Å²) >= 11 is 0. The van der Waals surface area contributed by atoms with Crippen LogP contribution in [0.1, 0.15) is 18.1 Å². The van der Waals surface area contributed by atoms with Crippen molar-refractivity contribution >= 4 is 0 Å². The molecule has 0 fully saturated rings. The summed E-state index contributed by atoms with van der Waals surface area (Å²) < 4.78 is 5.19. The lowest BCUT2D eigenvalue weighted by Gasteiger charge is -2.08. The van der Waals surface area contributed by atoms with Crippen molar-refractivity contribution < 1.29 is 9.84 Å². The fraction of sp³-hybridized carbons (Fsp3) is 0.455. The molecule has 0 aliphatic rings. The molecular weight excluding hydrogens is 164 g/mol. The van der Waals surface area contributed by atoms with Gasteiger partial charge in [0.2, 0.25) is 0 Å². The quantitative estimate of drug-likeness (QED) is 0.770. The second-order valence-corrected chi connectivity index (χ2v) is 3.36. The van der Waals surface area contributed by atoms with Crippen molar-refractivity contribution in [2.24, 2.45) is 0 Å². The van der Waals surface area contributed by atoms with Gasteiger partial charge in [-0.2, -0.15) is 0 Å². The Morgan fingerprint density at radius 1 is 1.46 bits per heavy atom. The number of ether oxygens (including phenoxy) is 1. The maximum atomic E-state index is 9.20. The summed E-state index contributed by atoms with van der Waals surface area (Å²) in [7, 11) is 1.66. The first-order chi connectivity index (χ1) is 6.13. The molecule has 2 nitrogen and oxygen atoms in total. The number of aryl methyl sites for hydroxylation is 1. The molecule has 1 N–H and O–H groups in total. The molecule has 0 unspecified atom stereocenters. The number of rotatable bonds is 3. The van der Waals surface area contributed by atoms with Gasteiger partial charge in [0, 0.05) is 0 Å². The standard InChI is InChI=1S/C11H16O2/c1-8-4-5-10(6-9(2)12)7-11(8)13-3/h4-5,7,9,12H,6H2,1-3H3/t9-/m0/s1. The van der Waals surface area contributed by atoms with Gasteiger partial charge in [0.25, 0.3) is 0 Å². The molecule has 1 aromatic carbocycles. The van der Waals surface area contributed by atoms with Crippen LogP contribution < -0.4 is 4.74 Å². The zero-order valence-electron chi connectivity index (χ0n) is 8.37. The molecule has 0 bridgehead atoms. The lowest BCUT2D eigenvalue weighted by Crippen LogP contribution is -2.04. The second kappa shape index (κ2) is 4.28. The highest BCUT2D eigenvalue weighted by molar-refractivity contribution is 5.36. The Balaban J connectivity index is 2.86. The molecule has 0 spiro atoms. The van der Waals surface area contributed by atoms with E-state index in [2.05, 4.69) is 0 Å². The van der Waals surface area contributed by atoms with Crippen LogP contribution in [0.2, 0.25) is 0 Å². The minimum absolute atomic E-state index is 0.299. The topological polar surface area (TPSA) is 29.5 Å². The molecule has 0 aromatic heterocycles. The Labute approximate surface area is 79.2 Å². The van der Waals surface area contributed by atoms with Crippen molar-refractivity contribution in [1.29, 1.82) is 0 Å². The van der Waals surface area contributed by atoms with Crippen molar-refractivity contribution in [2.45, 2.75) is 26.4 Å². The van der Waals surface area contributed by atoms with E-state index in [-0.39, 0.29) is 6.10 Å². The highest BCUT2D eigenvalue weighted by atomic mass is 16.5. The first-order valence-corrected chi connectivity index (χ1v) is 4.45. The van der Waals surface area contributed by atoms with Crippen LogP contribution in [0.3, 0.4) is 0 Å². The molecule has 2 heteroatoms. The number of aliphatic hydroxyl groups excluding tert-OH is 1. The Bertz CT molecular complexity index is 279. The van der Waals surface area contributed by atoms with Crippen LogP contribution in [0, 0.1) is 6.92 Å². The van der Waals surface area contributed by atoms with E-state index in [1.165, 1.54) is 0 Å². The van der Waals surface area contributed by atoms with E-state index in [0.717, 1.165) is 16.9 Å². The number of benzene rings is 1. The third kappa shape index (κ3) is 2.74. The van der Waals surface area contributed by atoms with Gasteiger partial charge >= 0.3 is 0 Å². The third-order valence-corrected chi connectivity index (χ3v) is 2.00. The third-order valence-electron chi connectivity index (χ3n) is 2.00. The maximum Gasteiger partial charge on any atom is 0.122 e. The van der Waals surface area contributed by atoms with Crippen LogP contribution in [0.25, 0.3) is 0 Å². The zero-order chi connectivity index (χ0) is 9.84. The average molecular weight is 180 g/mol. The predicted molar refractivity (Wildman–Crippen MR) is 53.1 cm³/mol. The minimum atomic E-state index is -0.299. The highest BCUT2D eigenvalue weighted by Crippen LogP contribution is 2.19. The van der Waals surface area contributed by atoms with Crippen molar-refractivity contribution in [2.75, 3.05) is 7.11 Å². The van der Waals surface area contributed by atoms with Crippen LogP contribution in [-0.4, -0.2) is 18.3 Å². The van der Waals surface area contributed by atoms with Crippen LogP contribution in [0.4, 0.5) is 0 Å². The number of aliphatic hydroxyl groups is 1. The van der Waals surface area contributed by atoms with Gasteiger partial charge in [-0.25, -0.2) is 0 Å². The molecule has 0 radical (unpaired) electrons. The SMILES string of the molecule is COc1cc(C[C@H](C)O)ccc1C.